The van der Waals surface area contributed by atoms with E-state index in [2.05, 4.69) is 37.1 Å². The molecule has 3 aromatic rings. The summed E-state index contributed by atoms with van der Waals surface area (Å²) in [5.41, 5.74) is -0.639. The maximum Gasteiger partial charge on any atom is 0.275 e. The van der Waals surface area contributed by atoms with E-state index in [4.69, 9.17) is 11.6 Å². The fourth-order valence-corrected chi connectivity index (χ4v) is 4.71. The van der Waals surface area contributed by atoms with Gasteiger partial charge < -0.3 is 15.3 Å². The number of aliphatic hydroxyl groups is 1. The van der Waals surface area contributed by atoms with Crippen LogP contribution in [0.5, 0.6) is 0 Å². The first-order valence-electron chi connectivity index (χ1n) is 13.0. The van der Waals surface area contributed by atoms with Crippen LogP contribution < -0.4 is 5.32 Å². The second kappa shape index (κ2) is 13.7. The van der Waals surface area contributed by atoms with Crippen molar-refractivity contribution in [3.8, 4) is 11.3 Å². The molecule has 0 radical (unpaired) electrons. The SMILES string of the molecule is C=N/C(C)=C(\C=N/CN1CC(C)CC1=O)C(CO)n1cc(NC(=O)c2cncc(-c3c(C(F)F)ccc(Cl)c3F)n2)cn1. The number of benzene rings is 1. The summed E-state index contributed by atoms with van der Waals surface area (Å²) in [5.74, 6) is -1.62. The van der Waals surface area contributed by atoms with Gasteiger partial charge in [0.15, 0.2) is 5.82 Å². The number of nitrogens with one attached hydrogen (secondary N) is 1. The number of nitrogens with zero attached hydrogens (tertiary/aromatic N) is 7. The molecular weight excluding hydrogens is 589 g/mol. The summed E-state index contributed by atoms with van der Waals surface area (Å²) in [5, 5.41) is 16.6. The zero-order valence-corrected chi connectivity index (χ0v) is 24.0. The van der Waals surface area contributed by atoms with Gasteiger partial charge in [0.25, 0.3) is 12.3 Å². The van der Waals surface area contributed by atoms with E-state index in [0.717, 1.165) is 24.5 Å². The van der Waals surface area contributed by atoms with E-state index < -0.39 is 41.9 Å². The quantitative estimate of drug-likeness (QED) is 0.299. The highest BCUT2D eigenvalue weighted by Crippen LogP contribution is 2.35. The lowest BCUT2D eigenvalue weighted by atomic mass is 10.0. The van der Waals surface area contributed by atoms with Gasteiger partial charge >= 0.3 is 0 Å². The van der Waals surface area contributed by atoms with Gasteiger partial charge in [-0.1, -0.05) is 24.6 Å². The number of amides is 2. The number of carbonyl (C=O) groups is 2. The molecule has 0 spiro atoms. The molecular formula is C28H28ClF3N8O3. The van der Waals surface area contributed by atoms with Crippen molar-refractivity contribution < 1.29 is 27.9 Å². The molecule has 2 unspecified atom stereocenters. The van der Waals surface area contributed by atoms with Crippen LogP contribution in [-0.2, 0) is 4.79 Å². The summed E-state index contributed by atoms with van der Waals surface area (Å²) in [6.07, 6.45) is 3.85. The Morgan fingerprint density at radius 1 is 1.33 bits per heavy atom. The van der Waals surface area contributed by atoms with Crippen LogP contribution in [0.4, 0.5) is 18.9 Å². The molecule has 2 atom stereocenters. The normalized spacial score (nSPS) is 16.6. The zero-order chi connectivity index (χ0) is 31.3. The smallest absolute Gasteiger partial charge is 0.275 e. The average Bonchev–Trinajstić information content (AvgIpc) is 3.57. The van der Waals surface area contributed by atoms with Crippen molar-refractivity contribution in [3.05, 3.63) is 70.3 Å². The maximum absolute atomic E-state index is 14.7. The molecule has 4 rings (SSSR count). The van der Waals surface area contributed by atoms with Crippen LogP contribution in [0.3, 0.4) is 0 Å². The molecule has 2 N–H and O–H groups in total. The van der Waals surface area contributed by atoms with Crippen LogP contribution in [0.15, 0.2) is 58.2 Å². The minimum atomic E-state index is -3.03. The summed E-state index contributed by atoms with van der Waals surface area (Å²) in [6.45, 7) is 7.55. The number of hydrogen-bond acceptors (Lipinski definition) is 8. The molecule has 0 aliphatic carbocycles. The Morgan fingerprint density at radius 3 is 2.74 bits per heavy atom. The van der Waals surface area contributed by atoms with Crippen molar-refractivity contribution in [1.82, 2.24) is 24.6 Å². The Kier molecular flexibility index (Phi) is 10.0. The summed E-state index contributed by atoms with van der Waals surface area (Å²) >= 11 is 5.80. The van der Waals surface area contributed by atoms with E-state index >= 15 is 0 Å². The lowest BCUT2D eigenvalue weighted by Gasteiger charge is -2.18. The van der Waals surface area contributed by atoms with Crippen molar-refractivity contribution in [2.75, 3.05) is 25.1 Å². The van der Waals surface area contributed by atoms with Crippen molar-refractivity contribution in [2.45, 2.75) is 32.7 Å². The number of aliphatic hydroxyl groups excluding tert-OH is 1. The van der Waals surface area contributed by atoms with Crippen LogP contribution in [0.1, 0.15) is 48.8 Å². The second-order valence-corrected chi connectivity index (χ2v) is 10.3. The van der Waals surface area contributed by atoms with E-state index in [1.54, 1.807) is 11.8 Å². The number of anilines is 1. The first-order valence-corrected chi connectivity index (χ1v) is 13.4. The zero-order valence-electron chi connectivity index (χ0n) is 23.2. The molecule has 3 heterocycles. The molecule has 1 fully saturated rings. The average molecular weight is 617 g/mol. The van der Waals surface area contributed by atoms with Crippen molar-refractivity contribution in [3.63, 3.8) is 0 Å². The third-order valence-corrected chi connectivity index (χ3v) is 7.03. The van der Waals surface area contributed by atoms with Crippen LogP contribution in [-0.4, -0.2) is 74.3 Å². The fourth-order valence-electron chi connectivity index (χ4n) is 4.55. The molecule has 226 valence electrons. The Labute approximate surface area is 249 Å². The molecule has 43 heavy (non-hydrogen) atoms. The van der Waals surface area contributed by atoms with Crippen molar-refractivity contribution in [1.29, 1.82) is 0 Å². The molecule has 2 amide bonds. The Bertz CT molecular complexity index is 1590. The first kappa shape index (κ1) is 31.5. The number of halogens is 4. The monoisotopic (exact) mass is 616 g/mol. The highest BCUT2D eigenvalue weighted by molar-refractivity contribution is 6.31. The number of alkyl halides is 2. The standard InChI is InChI=1S/C28H28ClF3N8O3/c1-15-6-24(42)39(11-15)14-35-8-19(16(2)33-3)23(13-41)40-12-17(7-36-40)37-28(43)22-10-34-9-21(38-22)25-18(27(31)32)4-5-20(29)26(25)30/h4-5,7-10,12,15,23,27,41H,3,6,11,13-14H2,1-2H3,(H,37,43)/b19-16+,35-8-. The predicted molar refractivity (Wildman–Crippen MR) is 155 cm³/mol. The molecule has 0 bridgehead atoms. The van der Waals surface area contributed by atoms with Gasteiger partial charge in [-0.2, -0.15) is 5.10 Å². The number of likely N-dealkylation sites (tertiary alicyclic amines) is 1. The molecule has 1 aromatic carbocycles. The molecule has 1 aliphatic rings. The Balaban J connectivity index is 1.54. The Hall–Kier alpha value is -4.43. The third kappa shape index (κ3) is 7.14. The number of hydrogen-bond donors (Lipinski definition) is 2. The topological polar surface area (TPSA) is 138 Å². The van der Waals surface area contributed by atoms with Gasteiger partial charge in [0.2, 0.25) is 5.91 Å². The number of allylic oxidation sites excluding steroid dienone is 1. The first-order chi connectivity index (χ1) is 20.5. The van der Waals surface area contributed by atoms with E-state index in [-0.39, 0.29) is 40.6 Å². The fraction of sp³-hybridized carbons (Fsp3) is 0.321. The predicted octanol–water partition coefficient (Wildman–Crippen LogP) is 4.73. The summed E-state index contributed by atoms with van der Waals surface area (Å²) in [7, 11) is 0. The second-order valence-electron chi connectivity index (χ2n) is 9.85. The number of aliphatic imine (C=N–C) groups is 2. The minimum absolute atomic E-state index is 0.0160. The minimum Gasteiger partial charge on any atom is -0.394 e. The van der Waals surface area contributed by atoms with E-state index in [9.17, 15) is 27.9 Å². The van der Waals surface area contributed by atoms with Crippen LogP contribution in [0, 0.1) is 11.7 Å². The summed E-state index contributed by atoms with van der Waals surface area (Å²) in [4.78, 5) is 42.9. The van der Waals surface area contributed by atoms with Crippen molar-refractivity contribution in [2.24, 2.45) is 15.9 Å². The van der Waals surface area contributed by atoms with Gasteiger partial charge in [-0.05, 0) is 25.6 Å². The van der Waals surface area contributed by atoms with Crippen LogP contribution in [0.25, 0.3) is 11.3 Å². The molecule has 15 heteroatoms. The number of aromatic nitrogens is 4. The van der Waals surface area contributed by atoms with Gasteiger partial charge in [0.1, 0.15) is 18.4 Å². The molecule has 2 aromatic heterocycles. The molecule has 0 saturated carbocycles. The highest BCUT2D eigenvalue weighted by atomic mass is 35.5. The van der Waals surface area contributed by atoms with E-state index in [0.29, 0.717) is 24.2 Å². The van der Waals surface area contributed by atoms with E-state index in [1.807, 2.05) is 6.92 Å². The largest absolute Gasteiger partial charge is 0.394 e. The van der Waals surface area contributed by atoms with Crippen LogP contribution >= 0.6 is 11.6 Å². The molecule has 11 nitrogen and oxygen atoms in total. The van der Waals surface area contributed by atoms with Gasteiger partial charge in [0, 0.05) is 47.8 Å². The van der Waals surface area contributed by atoms with Gasteiger partial charge in [0.05, 0.1) is 41.6 Å². The van der Waals surface area contributed by atoms with Gasteiger partial charge in [-0.25, -0.2) is 18.2 Å². The summed E-state index contributed by atoms with van der Waals surface area (Å²) < 4.78 is 43.2. The van der Waals surface area contributed by atoms with E-state index in [1.165, 1.54) is 23.3 Å². The number of rotatable bonds is 11. The Morgan fingerprint density at radius 2 is 2.09 bits per heavy atom. The lowest BCUT2D eigenvalue weighted by Crippen LogP contribution is -2.25. The molecule has 1 aliphatic heterocycles. The maximum atomic E-state index is 14.7. The van der Waals surface area contributed by atoms with Crippen LogP contribution in [0.2, 0.25) is 5.02 Å². The van der Waals surface area contributed by atoms with Gasteiger partial charge in [-0.3, -0.25) is 29.2 Å². The third-order valence-electron chi connectivity index (χ3n) is 6.74. The highest BCUT2D eigenvalue weighted by Gasteiger charge is 2.26. The number of carbonyl (C=O) groups excluding carboxylic acids is 2. The summed E-state index contributed by atoms with van der Waals surface area (Å²) in [6, 6.07) is 1.22. The van der Waals surface area contributed by atoms with Gasteiger partial charge in [-0.15, -0.1) is 0 Å². The van der Waals surface area contributed by atoms with Crippen molar-refractivity contribution >= 4 is 42.0 Å². The lowest BCUT2D eigenvalue weighted by molar-refractivity contribution is -0.127. The molecule has 1 saturated heterocycles.